The van der Waals surface area contributed by atoms with Crippen LogP contribution in [0.5, 0.6) is 0 Å². The van der Waals surface area contributed by atoms with Gasteiger partial charge >= 0.3 is 5.63 Å². The molecule has 0 spiro atoms. The Morgan fingerprint density at radius 1 is 1.33 bits per heavy atom. The summed E-state index contributed by atoms with van der Waals surface area (Å²) in [6, 6.07) is 5.68. The Kier molecular flexibility index (Phi) is 1.70. The number of H-pyrrole nitrogens is 1. The number of halogens is 1. The van der Waals surface area contributed by atoms with Gasteiger partial charge in [0.2, 0.25) is 0 Å². The SMILES string of the molecule is O=c1o[nH]c2c1cnc1ccc(Br)cc12. The quantitative estimate of drug-likeness (QED) is 0.679. The summed E-state index contributed by atoms with van der Waals surface area (Å²) in [6.07, 6.45) is 1.52. The van der Waals surface area contributed by atoms with Crippen molar-refractivity contribution in [2.75, 3.05) is 0 Å². The van der Waals surface area contributed by atoms with Crippen LogP contribution >= 0.6 is 15.9 Å². The van der Waals surface area contributed by atoms with E-state index in [9.17, 15) is 4.79 Å². The second-order valence-corrected chi connectivity index (χ2v) is 4.12. The average molecular weight is 265 g/mol. The molecular weight excluding hydrogens is 260 g/mol. The van der Waals surface area contributed by atoms with E-state index in [4.69, 9.17) is 4.52 Å². The predicted molar refractivity (Wildman–Crippen MR) is 59.8 cm³/mol. The third-order valence-electron chi connectivity index (χ3n) is 2.30. The lowest BCUT2D eigenvalue weighted by atomic mass is 10.2. The number of nitrogens with one attached hydrogen (secondary N) is 1. The summed E-state index contributed by atoms with van der Waals surface area (Å²) in [7, 11) is 0. The summed E-state index contributed by atoms with van der Waals surface area (Å²) in [5, 5.41) is 3.95. The zero-order chi connectivity index (χ0) is 10.4. The normalized spacial score (nSPS) is 11.3. The van der Waals surface area contributed by atoms with Gasteiger partial charge in [0.15, 0.2) is 0 Å². The Hall–Kier alpha value is -1.62. The number of aromatic nitrogens is 2. The number of hydrogen-bond donors (Lipinski definition) is 1. The molecule has 15 heavy (non-hydrogen) atoms. The van der Waals surface area contributed by atoms with Crippen LogP contribution in [-0.4, -0.2) is 10.1 Å². The molecule has 0 aliphatic heterocycles. The highest BCUT2D eigenvalue weighted by Gasteiger charge is 2.07. The minimum absolute atomic E-state index is 0.389. The van der Waals surface area contributed by atoms with Crippen molar-refractivity contribution < 1.29 is 4.52 Å². The summed E-state index contributed by atoms with van der Waals surface area (Å²) >= 11 is 3.37. The van der Waals surface area contributed by atoms with Crippen LogP contribution in [-0.2, 0) is 0 Å². The fraction of sp³-hybridized carbons (Fsp3) is 0. The van der Waals surface area contributed by atoms with E-state index in [1.807, 2.05) is 18.2 Å². The Labute approximate surface area is 92.0 Å². The third-order valence-corrected chi connectivity index (χ3v) is 2.79. The van der Waals surface area contributed by atoms with E-state index in [0.717, 1.165) is 15.4 Å². The highest BCUT2D eigenvalue weighted by atomic mass is 79.9. The minimum atomic E-state index is -0.389. The molecule has 2 heterocycles. The van der Waals surface area contributed by atoms with E-state index in [-0.39, 0.29) is 5.63 Å². The molecule has 74 valence electrons. The van der Waals surface area contributed by atoms with Gasteiger partial charge < -0.3 is 4.52 Å². The minimum Gasteiger partial charge on any atom is -0.338 e. The second kappa shape index (κ2) is 2.93. The van der Waals surface area contributed by atoms with Crippen LogP contribution < -0.4 is 5.63 Å². The van der Waals surface area contributed by atoms with E-state index >= 15 is 0 Å². The van der Waals surface area contributed by atoms with Crippen molar-refractivity contribution in [1.82, 2.24) is 10.1 Å². The summed E-state index contributed by atoms with van der Waals surface area (Å²) in [5.74, 6) is 0. The van der Waals surface area contributed by atoms with E-state index in [0.29, 0.717) is 10.9 Å². The summed E-state index contributed by atoms with van der Waals surface area (Å²) in [4.78, 5) is 15.4. The summed E-state index contributed by atoms with van der Waals surface area (Å²) < 4.78 is 5.66. The van der Waals surface area contributed by atoms with E-state index < -0.39 is 0 Å². The van der Waals surface area contributed by atoms with Gasteiger partial charge in [-0.15, -0.1) is 0 Å². The Balaban J connectivity index is 2.63. The largest absolute Gasteiger partial charge is 0.366 e. The average Bonchev–Trinajstić information content (AvgIpc) is 2.61. The molecule has 4 nitrogen and oxygen atoms in total. The maximum Gasteiger partial charge on any atom is 0.366 e. The number of rotatable bonds is 0. The molecule has 0 unspecified atom stereocenters. The van der Waals surface area contributed by atoms with Crippen molar-refractivity contribution in [2.24, 2.45) is 0 Å². The van der Waals surface area contributed by atoms with Crippen molar-refractivity contribution in [1.29, 1.82) is 0 Å². The van der Waals surface area contributed by atoms with Crippen LogP contribution in [0.25, 0.3) is 21.8 Å². The van der Waals surface area contributed by atoms with Gasteiger partial charge in [0.05, 0.1) is 11.0 Å². The molecule has 0 radical (unpaired) electrons. The smallest absolute Gasteiger partial charge is 0.338 e. The Morgan fingerprint density at radius 3 is 3.07 bits per heavy atom. The van der Waals surface area contributed by atoms with Crippen LogP contribution in [0.4, 0.5) is 0 Å². The maximum atomic E-state index is 11.3. The van der Waals surface area contributed by atoms with Gasteiger partial charge in [-0.1, -0.05) is 15.9 Å². The van der Waals surface area contributed by atoms with Crippen LogP contribution in [0.2, 0.25) is 0 Å². The Bertz CT molecular complexity index is 714. The molecule has 0 saturated carbocycles. The first-order chi connectivity index (χ1) is 7.25. The highest BCUT2D eigenvalue weighted by Crippen LogP contribution is 2.23. The molecule has 1 aromatic carbocycles. The molecular formula is C10H5BrN2O2. The molecule has 0 saturated heterocycles. The van der Waals surface area contributed by atoms with E-state index in [1.54, 1.807) is 0 Å². The fourth-order valence-corrected chi connectivity index (χ4v) is 1.94. The van der Waals surface area contributed by atoms with E-state index in [2.05, 4.69) is 26.1 Å². The number of benzene rings is 1. The van der Waals surface area contributed by atoms with Crippen molar-refractivity contribution in [3.05, 3.63) is 39.3 Å². The van der Waals surface area contributed by atoms with Gasteiger partial charge in [0, 0.05) is 16.1 Å². The van der Waals surface area contributed by atoms with Gasteiger partial charge in [0.25, 0.3) is 0 Å². The number of nitrogens with zero attached hydrogens (tertiary/aromatic N) is 1. The molecule has 0 aliphatic rings. The van der Waals surface area contributed by atoms with Crippen LogP contribution in [0.3, 0.4) is 0 Å². The zero-order valence-corrected chi connectivity index (χ0v) is 9.04. The van der Waals surface area contributed by atoms with Gasteiger partial charge in [-0.3, -0.25) is 4.98 Å². The van der Waals surface area contributed by atoms with Crippen molar-refractivity contribution >= 4 is 37.7 Å². The van der Waals surface area contributed by atoms with Crippen LogP contribution in [0, 0.1) is 0 Å². The third kappa shape index (κ3) is 1.20. The van der Waals surface area contributed by atoms with E-state index in [1.165, 1.54) is 6.20 Å². The second-order valence-electron chi connectivity index (χ2n) is 3.20. The Morgan fingerprint density at radius 2 is 2.20 bits per heavy atom. The predicted octanol–water partition coefficient (Wildman–Crippen LogP) is 2.43. The molecule has 0 amide bonds. The lowest BCUT2D eigenvalue weighted by Gasteiger charge is -1.97. The molecule has 3 rings (SSSR count). The maximum absolute atomic E-state index is 11.3. The topological polar surface area (TPSA) is 58.9 Å². The standard InChI is InChI=1S/C10H5BrN2O2/c11-5-1-2-8-6(3-5)9-7(4-12-8)10(14)15-13-9/h1-4,13H. The first kappa shape index (κ1) is 8.67. The fourth-order valence-electron chi connectivity index (χ4n) is 1.58. The van der Waals surface area contributed by atoms with Crippen molar-refractivity contribution in [3.8, 4) is 0 Å². The number of aromatic amines is 1. The lowest BCUT2D eigenvalue weighted by Crippen LogP contribution is -1.91. The molecule has 1 N–H and O–H groups in total. The number of hydrogen-bond acceptors (Lipinski definition) is 3. The zero-order valence-electron chi connectivity index (χ0n) is 7.45. The molecule has 2 aromatic heterocycles. The first-order valence-corrected chi connectivity index (χ1v) is 5.10. The van der Waals surface area contributed by atoms with Gasteiger partial charge in [-0.2, -0.15) is 0 Å². The van der Waals surface area contributed by atoms with Crippen molar-refractivity contribution in [3.63, 3.8) is 0 Å². The molecule has 0 atom stereocenters. The van der Waals surface area contributed by atoms with Gasteiger partial charge in [-0.05, 0) is 18.2 Å². The summed E-state index contributed by atoms with van der Waals surface area (Å²) in [6.45, 7) is 0. The molecule has 0 aliphatic carbocycles. The van der Waals surface area contributed by atoms with Gasteiger partial charge in [-0.25, -0.2) is 9.95 Å². The van der Waals surface area contributed by atoms with Crippen LogP contribution in [0.1, 0.15) is 0 Å². The first-order valence-electron chi connectivity index (χ1n) is 4.31. The molecule has 3 aromatic rings. The lowest BCUT2D eigenvalue weighted by molar-refractivity contribution is 0.400. The van der Waals surface area contributed by atoms with Crippen LogP contribution in [0.15, 0.2) is 38.2 Å². The van der Waals surface area contributed by atoms with Crippen molar-refractivity contribution in [2.45, 2.75) is 0 Å². The monoisotopic (exact) mass is 264 g/mol. The molecule has 0 fully saturated rings. The number of fused-ring (bicyclic) bond motifs is 3. The molecule has 0 bridgehead atoms. The highest BCUT2D eigenvalue weighted by molar-refractivity contribution is 9.10. The van der Waals surface area contributed by atoms with Gasteiger partial charge in [0.1, 0.15) is 5.39 Å². The number of pyridine rings is 1. The summed E-state index contributed by atoms with van der Waals surface area (Å²) in [5.41, 5.74) is 1.12. The molecule has 5 heteroatoms.